The molecule has 1 unspecified atom stereocenters. The molecule has 0 aliphatic heterocycles. The van der Waals surface area contributed by atoms with Gasteiger partial charge in [-0.05, 0) is 37.1 Å². The fourth-order valence-corrected chi connectivity index (χ4v) is 2.03. The van der Waals surface area contributed by atoms with E-state index in [1.807, 2.05) is 37.3 Å². The van der Waals surface area contributed by atoms with E-state index in [-0.39, 0.29) is 6.04 Å². The molecule has 2 rings (SSSR count). The molecule has 90 valence electrons. The maximum Gasteiger partial charge on any atom is 0.101 e. The molecule has 0 aliphatic carbocycles. The van der Waals surface area contributed by atoms with E-state index in [9.17, 15) is 0 Å². The lowest BCUT2D eigenvalue weighted by atomic mass is 10.0. The van der Waals surface area contributed by atoms with Crippen LogP contribution < -0.4 is 11.3 Å². The number of benzene rings is 1. The minimum atomic E-state index is 0.0333. The Labute approximate surface area is 106 Å². The summed E-state index contributed by atoms with van der Waals surface area (Å²) in [6.07, 6.45) is 2.50. The highest BCUT2D eigenvalue weighted by Crippen LogP contribution is 2.21. The van der Waals surface area contributed by atoms with Crippen LogP contribution in [0.3, 0.4) is 0 Å². The highest BCUT2D eigenvalue weighted by Gasteiger charge is 2.12. The van der Waals surface area contributed by atoms with Gasteiger partial charge in [-0.2, -0.15) is 0 Å². The van der Waals surface area contributed by atoms with Crippen molar-refractivity contribution in [2.75, 3.05) is 0 Å². The number of halogens is 1. The van der Waals surface area contributed by atoms with Crippen LogP contribution >= 0.6 is 11.6 Å². The van der Waals surface area contributed by atoms with Crippen molar-refractivity contribution >= 4 is 11.6 Å². The third kappa shape index (κ3) is 3.09. The standard InChI is InChI=1S/C13H15ClN2O/c1-9-5-11(8-17-9)13(16-15)7-10-3-2-4-12(14)6-10/h2-6,8,13,16H,7,15H2,1H3. The van der Waals surface area contributed by atoms with Crippen molar-refractivity contribution in [1.29, 1.82) is 0 Å². The van der Waals surface area contributed by atoms with Gasteiger partial charge in [0.1, 0.15) is 5.76 Å². The molecule has 0 spiro atoms. The van der Waals surface area contributed by atoms with Gasteiger partial charge in [0.15, 0.2) is 0 Å². The highest BCUT2D eigenvalue weighted by atomic mass is 35.5. The molecule has 17 heavy (non-hydrogen) atoms. The molecular formula is C13H15ClN2O. The topological polar surface area (TPSA) is 51.2 Å². The van der Waals surface area contributed by atoms with Crippen LogP contribution in [0.1, 0.15) is 22.9 Å². The van der Waals surface area contributed by atoms with Gasteiger partial charge in [0, 0.05) is 10.6 Å². The van der Waals surface area contributed by atoms with E-state index in [1.165, 1.54) is 0 Å². The summed E-state index contributed by atoms with van der Waals surface area (Å²) >= 11 is 5.95. The van der Waals surface area contributed by atoms with E-state index >= 15 is 0 Å². The van der Waals surface area contributed by atoms with Crippen molar-refractivity contribution in [2.45, 2.75) is 19.4 Å². The van der Waals surface area contributed by atoms with Crippen LogP contribution in [0.4, 0.5) is 0 Å². The lowest BCUT2D eigenvalue weighted by Gasteiger charge is -2.14. The summed E-state index contributed by atoms with van der Waals surface area (Å²) in [5.41, 5.74) is 4.98. The Balaban J connectivity index is 2.15. The van der Waals surface area contributed by atoms with Crippen molar-refractivity contribution in [3.8, 4) is 0 Å². The van der Waals surface area contributed by atoms with Gasteiger partial charge < -0.3 is 4.42 Å². The summed E-state index contributed by atoms with van der Waals surface area (Å²) < 4.78 is 5.29. The highest BCUT2D eigenvalue weighted by molar-refractivity contribution is 6.30. The van der Waals surface area contributed by atoms with E-state index in [4.69, 9.17) is 21.9 Å². The first-order chi connectivity index (χ1) is 8.19. The second kappa shape index (κ2) is 5.36. The molecular weight excluding hydrogens is 236 g/mol. The largest absolute Gasteiger partial charge is 0.469 e. The Kier molecular flexibility index (Phi) is 3.84. The summed E-state index contributed by atoms with van der Waals surface area (Å²) in [7, 11) is 0. The van der Waals surface area contributed by atoms with Gasteiger partial charge >= 0.3 is 0 Å². The Morgan fingerprint density at radius 2 is 2.24 bits per heavy atom. The van der Waals surface area contributed by atoms with Gasteiger partial charge in [-0.3, -0.25) is 11.3 Å². The fraction of sp³-hybridized carbons (Fsp3) is 0.231. The molecule has 0 aliphatic rings. The van der Waals surface area contributed by atoms with Crippen LogP contribution in [0.15, 0.2) is 41.0 Å². The quantitative estimate of drug-likeness (QED) is 0.648. The van der Waals surface area contributed by atoms with Crippen molar-refractivity contribution in [3.05, 3.63) is 58.5 Å². The molecule has 1 aromatic heterocycles. The molecule has 1 aromatic carbocycles. The van der Waals surface area contributed by atoms with Crippen molar-refractivity contribution in [3.63, 3.8) is 0 Å². The second-order valence-electron chi connectivity index (χ2n) is 4.04. The third-order valence-corrected chi connectivity index (χ3v) is 2.92. The van der Waals surface area contributed by atoms with Crippen molar-refractivity contribution < 1.29 is 4.42 Å². The molecule has 0 saturated heterocycles. The number of rotatable bonds is 4. The van der Waals surface area contributed by atoms with Gasteiger partial charge in [0.05, 0.1) is 12.3 Å². The lowest BCUT2D eigenvalue weighted by molar-refractivity contribution is 0.511. The summed E-state index contributed by atoms with van der Waals surface area (Å²) in [6.45, 7) is 1.91. The molecule has 1 atom stereocenters. The monoisotopic (exact) mass is 250 g/mol. The van der Waals surface area contributed by atoms with E-state index in [0.717, 1.165) is 28.3 Å². The van der Waals surface area contributed by atoms with Crippen LogP contribution in [-0.2, 0) is 6.42 Å². The predicted octanol–water partition coefficient (Wildman–Crippen LogP) is 2.99. The molecule has 0 bridgehead atoms. The minimum absolute atomic E-state index is 0.0333. The molecule has 3 N–H and O–H groups in total. The van der Waals surface area contributed by atoms with E-state index < -0.39 is 0 Å². The molecule has 3 nitrogen and oxygen atoms in total. The summed E-state index contributed by atoms with van der Waals surface area (Å²) in [5.74, 6) is 6.46. The average Bonchev–Trinajstić information content (AvgIpc) is 2.73. The molecule has 2 aromatic rings. The average molecular weight is 251 g/mol. The van der Waals surface area contributed by atoms with Crippen LogP contribution in [0.5, 0.6) is 0 Å². The Morgan fingerprint density at radius 3 is 2.82 bits per heavy atom. The molecule has 0 fully saturated rings. The minimum Gasteiger partial charge on any atom is -0.469 e. The van der Waals surface area contributed by atoms with Gasteiger partial charge in [-0.1, -0.05) is 23.7 Å². The summed E-state index contributed by atoms with van der Waals surface area (Å²) in [5, 5.41) is 0.738. The first kappa shape index (κ1) is 12.2. The zero-order chi connectivity index (χ0) is 12.3. The number of hydrogen-bond donors (Lipinski definition) is 2. The van der Waals surface area contributed by atoms with Gasteiger partial charge in [-0.25, -0.2) is 0 Å². The Bertz CT molecular complexity index is 496. The predicted molar refractivity (Wildman–Crippen MR) is 68.7 cm³/mol. The van der Waals surface area contributed by atoms with Gasteiger partial charge in [0.2, 0.25) is 0 Å². The van der Waals surface area contributed by atoms with E-state index in [2.05, 4.69) is 5.43 Å². The van der Waals surface area contributed by atoms with E-state index in [1.54, 1.807) is 6.26 Å². The number of nitrogens with one attached hydrogen (secondary N) is 1. The zero-order valence-corrected chi connectivity index (χ0v) is 10.4. The maximum absolute atomic E-state index is 5.95. The molecule has 0 saturated carbocycles. The van der Waals surface area contributed by atoms with Crippen LogP contribution in [-0.4, -0.2) is 0 Å². The maximum atomic E-state index is 5.95. The first-order valence-corrected chi connectivity index (χ1v) is 5.82. The third-order valence-electron chi connectivity index (χ3n) is 2.68. The van der Waals surface area contributed by atoms with Crippen molar-refractivity contribution in [2.24, 2.45) is 5.84 Å². The lowest BCUT2D eigenvalue weighted by Crippen LogP contribution is -2.29. The second-order valence-corrected chi connectivity index (χ2v) is 4.48. The van der Waals surface area contributed by atoms with Gasteiger partial charge in [-0.15, -0.1) is 0 Å². The smallest absolute Gasteiger partial charge is 0.101 e. The number of hydrazine groups is 1. The number of furan rings is 1. The summed E-state index contributed by atoms with van der Waals surface area (Å²) in [4.78, 5) is 0. The van der Waals surface area contributed by atoms with E-state index in [0.29, 0.717) is 0 Å². The molecule has 4 heteroatoms. The molecule has 0 amide bonds. The fourth-order valence-electron chi connectivity index (χ4n) is 1.82. The first-order valence-electron chi connectivity index (χ1n) is 5.44. The van der Waals surface area contributed by atoms with Gasteiger partial charge in [0.25, 0.3) is 0 Å². The zero-order valence-electron chi connectivity index (χ0n) is 9.61. The summed E-state index contributed by atoms with van der Waals surface area (Å²) in [6, 6.07) is 9.78. The van der Waals surface area contributed by atoms with Crippen molar-refractivity contribution in [1.82, 2.24) is 5.43 Å². The number of hydrogen-bond acceptors (Lipinski definition) is 3. The van der Waals surface area contributed by atoms with Crippen LogP contribution in [0.25, 0.3) is 0 Å². The Hall–Kier alpha value is -1.29. The SMILES string of the molecule is Cc1cc(C(Cc2cccc(Cl)c2)NN)co1. The van der Waals surface area contributed by atoms with Crippen LogP contribution in [0, 0.1) is 6.92 Å². The normalized spacial score (nSPS) is 12.6. The number of nitrogens with two attached hydrogens (primary N) is 1. The number of aryl methyl sites for hydroxylation is 1. The molecule has 1 heterocycles. The van der Waals surface area contributed by atoms with Crippen LogP contribution in [0.2, 0.25) is 5.02 Å². The molecule has 0 radical (unpaired) electrons. The Morgan fingerprint density at radius 1 is 1.41 bits per heavy atom.